The number of para-hydroxylation sites is 1. The van der Waals surface area contributed by atoms with Crippen LogP contribution in [0.5, 0.6) is 5.75 Å². The van der Waals surface area contributed by atoms with E-state index in [-0.39, 0.29) is 11.9 Å². The second-order valence-electron chi connectivity index (χ2n) is 5.96. The first-order valence-electron chi connectivity index (χ1n) is 8.22. The monoisotopic (exact) mass is 343 g/mol. The minimum Gasteiger partial charge on any atom is -0.491 e. The van der Waals surface area contributed by atoms with Gasteiger partial charge in [-0.25, -0.2) is 0 Å². The lowest BCUT2D eigenvalue weighted by Crippen LogP contribution is -2.37. The molecule has 0 radical (unpaired) electrons. The third-order valence-electron chi connectivity index (χ3n) is 3.61. The van der Waals surface area contributed by atoms with Crippen LogP contribution in [0.3, 0.4) is 0 Å². The van der Waals surface area contributed by atoms with Crippen LogP contribution >= 0.6 is 11.8 Å². The van der Waals surface area contributed by atoms with Crippen LogP contribution in [0.2, 0.25) is 0 Å². The molecule has 0 spiro atoms. The van der Waals surface area contributed by atoms with Gasteiger partial charge in [-0.15, -0.1) is 11.8 Å². The second kappa shape index (κ2) is 9.38. The predicted octanol–water partition coefficient (Wildman–Crippen LogP) is 4.37. The Bertz CT molecular complexity index is 655. The molecule has 0 bridgehead atoms. The lowest BCUT2D eigenvalue weighted by atomic mass is 10.2. The number of rotatable bonds is 8. The normalized spacial score (nSPS) is 11.8. The van der Waals surface area contributed by atoms with Crippen LogP contribution in [-0.4, -0.2) is 24.3 Å². The van der Waals surface area contributed by atoms with Crippen molar-refractivity contribution in [2.24, 2.45) is 0 Å². The van der Waals surface area contributed by atoms with Gasteiger partial charge in [-0.2, -0.15) is 0 Å². The van der Waals surface area contributed by atoms with Crippen molar-refractivity contribution in [2.75, 3.05) is 12.4 Å². The summed E-state index contributed by atoms with van der Waals surface area (Å²) in [5, 5.41) is 2.99. The maximum Gasteiger partial charge on any atom is 0.221 e. The van der Waals surface area contributed by atoms with E-state index in [1.807, 2.05) is 38.1 Å². The van der Waals surface area contributed by atoms with Gasteiger partial charge in [0.15, 0.2) is 0 Å². The standard InChI is InChI=1S/C20H25NO2S/c1-15-8-10-18(11-9-15)24-13-12-20(22)21-17(3)14-23-19-7-5-4-6-16(19)2/h4-11,17H,12-14H2,1-3H3,(H,21,22). The summed E-state index contributed by atoms with van der Waals surface area (Å²) in [7, 11) is 0. The first kappa shape index (κ1) is 18.4. The third-order valence-corrected chi connectivity index (χ3v) is 4.62. The number of thioether (sulfide) groups is 1. The first-order chi connectivity index (χ1) is 11.5. The Morgan fingerprint density at radius 2 is 1.83 bits per heavy atom. The van der Waals surface area contributed by atoms with Gasteiger partial charge >= 0.3 is 0 Å². The number of carbonyl (C=O) groups is 1. The van der Waals surface area contributed by atoms with Gasteiger partial charge in [0.25, 0.3) is 0 Å². The Hall–Kier alpha value is -1.94. The topological polar surface area (TPSA) is 38.3 Å². The SMILES string of the molecule is Cc1ccc(SCCC(=O)NC(C)COc2ccccc2C)cc1. The number of benzene rings is 2. The number of hydrogen-bond donors (Lipinski definition) is 1. The first-order valence-corrected chi connectivity index (χ1v) is 9.20. The third kappa shape index (κ3) is 6.28. The molecule has 0 aromatic heterocycles. The molecule has 1 amide bonds. The molecule has 128 valence electrons. The van der Waals surface area contributed by atoms with Gasteiger partial charge in [-0.3, -0.25) is 4.79 Å². The summed E-state index contributed by atoms with van der Waals surface area (Å²) < 4.78 is 5.76. The molecule has 1 unspecified atom stereocenters. The van der Waals surface area contributed by atoms with Crippen molar-refractivity contribution < 1.29 is 9.53 Å². The largest absolute Gasteiger partial charge is 0.491 e. The molecule has 0 aliphatic rings. The van der Waals surface area contributed by atoms with Gasteiger partial charge in [0.05, 0.1) is 6.04 Å². The quantitative estimate of drug-likeness (QED) is 0.723. The minimum atomic E-state index is -0.0125. The molecule has 0 saturated carbocycles. The van der Waals surface area contributed by atoms with Gasteiger partial charge in [0, 0.05) is 17.1 Å². The van der Waals surface area contributed by atoms with Crippen LogP contribution in [0.1, 0.15) is 24.5 Å². The lowest BCUT2D eigenvalue weighted by Gasteiger charge is -2.16. The highest BCUT2D eigenvalue weighted by molar-refractivity contribution is 7.99. The van der Waals surface area contributed by atoms with Crippen molar-refractivity contribution in [2.45, 2.75) is 38.1 Å². The Balaban J connectivity index is 1.66. The zero-order chi connectivity index (χ0) is 17.4. The predicted molar refractivity (Wildman–Crippen MR) is 101 cm³/mol. The summed E-state index contributed by atoms with van der Waals surface area (Å²) in [6, 6.07) is 16.3. The van der Waals surface area contributed by atoms with Crippen LogP contribution in [-0.2, 0) is 4.79 Å². The summed E-state index contributed by atoms with van der Waals surface area (Å²) in [4.78, 5) is 13.2. The highest BCUT2D eigenvalue weighted by Crippen LogP contribution is 2.19. The molecule has 2 aromatic rings. The van der Waals surface area contributed by atoms with E-state index in [9.17, 15) is 4.79 Å². The van der Waals surface area contributed by atoms with Crippen LogP contribution in [0, 0.1) is 13.8 Å². The average Bonchev–Trinajstić information content (AvgIpc) is 2.56. The number of aryl methyl sites for hydroxylation is 2. The molecule has 0 saturated heterocycles. The van der Waals surface area contributed by atoms with Gasteiger partial charge in [-0.1, -0.05) is 35.9 Å². The summed E-state index contributed by atoms with van der Waals surface area (Å²) in [5.41, 5.74) is 2.35. The van der Waals surface area contributed by atoms with Crippen molar-refractivity contribution >= 4 is 17.7 Å². The van der Waals surface area contributed by atoms with Crippen molar-refractivity contribution in [3.63, 3.8) is 0 Å². The molecule has 0 aliphatic carbocycles. The summed E-state index contributed by atoms with van der Waals surface area (Å²) in [5.74, 6) is 1.71. The van der Waals surface area contributed by atoms with Crippen LogP contribution < -0.4 is 10.1 Å². The Labute approximate surface area is 148 Å². The van der Waals surface area contributed by atoms with E-state index >= 15 is 0 Å². The number of ether oxygens (including phenoxy) is 1. The molecule has 4 heteroatoms. The summed E-state index contributed by atoms with van der Waals surface area (Å²) >= 11 is 1.70. The Morgan fingerprint density at radius 3 is 2.54 bits per heavy atom. The molecule has 1 N–H and O–H groups in total. The number of carbonyl (C=O) groups excluding carboxylic acids is 1. The lowest BCUT2D eigenvalue weighted by molar-refractivity contribution is -0.121. The van der Waals surface area contributed by atoms with Gasteiger partial charge in [0.1, 0.15) is 12.4 Å². The van der Waals surface area contributed by atoms with E-state index in [2.05, 4.69) is 36.5 Å². The molecule has 0 fully saturated rings. The average molecular weight is 343 g/mol. The maximum atomic E-state index is 12.0. The van der Waals surface area contributed by atoms with Crippen LogP contribution in [0.25, 0.3) is 0 Å². The summed E-state index contributed by atoms with van der Waals surface area (Å²) in [6.07, 6.45) is 0.507. The Kier molecular flexibility index (Phi) is 7.19. The van der Waals surface area contributed by atoms with E-state index in [1.165, 1.54) is 10.5 Å². The molecule has 1 atom stereocenters. The molecule has 24 heavy (non-hydrogen) atoms. The van der Waals surface area contributed by atoms with Crippen LogP contribution in [0.4, 0.5) is 0 Å². The molecule has 2 rings (SSSR count). The van der Waals surface area contributed by atoms with Crippen molar-refractivity contribution in [1.29, 1.82) is 0 Å². The zero-order valence-electron chi connectivity index (χ0n) is 14.5. The molecule has 0 aliphatic heterocycles. The van der Waals surface area contributed by atoms with E-state index in [1.54, 1.807) is 11.8 Å². The molecule has 2 aromatic carbocycles. The zero-order valence-corrected chi connectivity index (χ0v) is 15.4. The number of nitrogens with one attached hydrogen (secondary N) is 1. The van der Waals surface area contributed by atoms with Crippen molar-refractivity contribution in [3.05, 3.63) is 59.7 Å². The fourth-order valence-corrected chi connectivity index (χ4v) is 3.07. The molecule has 0 heterocycles. The number of hydrogen-bond acceptors (Lipinski definition) is 3. The molecule has 3 nitrogen and oxygen atoms in total. The maximum absolute atomic E-state index is 12.0. The smallest absolute Gasteiger partial charge is 0.221 e. The van der Waals surface area contributed by atoms with Crippen molar-refractivity contribution in [3.8, 4) is 5.75 Å². The van der Waals surface area contributed by atoms with Crippen molar-refractivity contribution in [1.82, 2.24) is 5.32 Å². The second-order valence-corrected chi connectivity index (χ2v) is 7.12. The highest BCUT2D eigenvalue weighted by Gasteiger charge is 2.09. The van der Waals surface area contributed by atoms with Crippen LogP contribution in [0.15, 0.2) is 53.4 Å². The molecular weight excluding hydrogens is 318 g/mol. The highest BCUT2D eigenvalue weighted by atomic mass is 32.2. The fourth-order valence-electron chi connectivity index (χ4n) is 2.22. The van der Waals surface area contributed by atoms with E-state index in [4.69, 9.17) is 4.74 Å². The number of amides is 1. The van der Waals surface area contributed by atoms with E-state index in [0.717, 1.165) is 17.1 Å². The minimum absolute atomic E-state index is 0.0125. The molecular formula is C20H25NO2S. The fraction of sp³-hybridized carbons (Fsp3) is 0.350. The Morgan fingerprint density at radius 1 is 1.12 bits per heavy atom. The summed E-state index contributed by atoms with van der Waals surface area (Å²) in [6.45, 7) is 6.52. The van der Waals surface area contributed by atoms with E-state index < -0.39 is 0 Å². The van der Waals surface area contributed by atoms with Gasteiger partial charge in [-0.05, 0) is 44.5 Å². The van der Waals surface area contributed by atoms with Gasteiger partial charge < -0.3 is 10.1 Å². The van der Waals surface area contributed by atoms with Gasteiger partial charge in [0.2, 0.25) is 5.91 Å². The van der Waals surface area contributed by atoms with E-state index in [0.29, 0.717) is 13.0 Å².